The molecule has 4 nitrogen and oxygen atoms in total. The molecule has 16 heavy (non-hydrogen) atoms. The van der Waals surface area contributed by atoms with Gasteiger partial charge in [0.1, 0.15) is 5.41 Å². The Morgan fingerprint density at radius 2 is 2.19 bits per heavy atom. The number of carbonyl (C=O) groups excluding carboxylic acids is 1. The van der Waals surface area contributed by atoms with Crippen LogP contribution in [-0.2, 0) is 4.79 Å². The highest BCUT2D eigenvalue weighted by molar-refractivity contribution is 5.86. The molecule has 0 aromatic heterocycles. The van der Waals surface area contributed by atoms with Crippen molar-refractivity contribution in [2.75, 3.05) is 6.61 Å². The van der Waals surface area contributed by atoms with Gasteiger partial charge in [0, 0.05) is 18.6 Å². The van der Waals surface area contributed by atoms with Crippen LogP contribution in [-0.4, -0.2) is 23.7 Å². The van der Waals surface area contributed by atoms with Gasteiger partial charge in [0.25, 0.3) is 0 Å². The van der Waals surface area contributed by atoms with Crippen molar-refractivity contribution < 1.29 is 9.90 Å². The molecule has 2 atom stereocenters. The molecule has 0 radical (unpaired) electrons. The lowest BCUT2D eigenvalue weighted by Gasteiger charge is -2.35. The molecule has 2 saturated carbocycles. The lowest BCUT2D eigenvalue weighted by atomic mass is 9.69. The zero-order valence-corrected chi connectivity index (χ0v) is 9.41. The number of nitrogens with one attached hydrogen (secondary N) is 1. The highest BCUT2D eigenvalue weighted by atomic mass is 16.3. The average Bonchev–Trinajstić information content (AvgIpc) is 2.64. The molecule has 0 aromatic carbocycles. The molecule has 0 saturated heterocycles. The Kier molecular flexibility index (Phi) is 3.15. The van der Waals surface area contributed by atoms with Crippen LogP contribution >= 0.6 is 0 Å². The fourth-order valence-corrected chi connectivity index (χ4v) is 2.67. The lowest BCUT2D eigenvalue weighted by Crippen LogP contribution is -2.49. The first kappa shape index (κ1) is 11.4. The van der Waals surface area contributed by atoms with Crippen LogP contribution in [0.5, 0.6) is 0 Å². The van der Waals surface area contributed by atoms with Crippen molar-refractivity contribution in [2.45, 2.75) is 44.6 Å². The van der Waals surface area contributed by atoms with Gasteiger partial charge in [0.2, 0.25) is 5.91 Å². The van der Waals surface area contributed by atoms with Crippen LogP contribution in [0.3, 0.4) is 0 Å². The molecule has 0 heterocycles. The van der Waals surface area contributed by atoms with E-state index in [4.69, 9.17) is 10.4 Å². The number of amides is 1. The van der Waals surface area contributed by atoms with Gasteiger partial charge in [-0.2, -0.15) is 5.26 Å². The number of carbonyl (C=O) groups is 1. The predicted octanol–water partition coefficient (Wildman–Crippen LogP) is 0.957. The van der Waals surface area contributed by atoms with E-state index in [2.05, 4.69) is 11.4 Å². The summed E-state index contributed by atoms with van der Waals surface area (Å²) in [6.07, 6.45) is 5.29. The summed E-state index contributed by atoms with van der Waals surface area (Å²) in [7, 11) is 0. The highest BCUT2D eigenvalue weighted by Gasteiger charge is 2.45. The summed E-state index contributed by atoms with van der Waals surface area (Å²) in [5.74, 6) is 0.0615. The molecule has 2 unspecified atom stereocenters. The number of aliphatic hydroxyl groups is 1. The Hall–Kier alpha value is -1.08. The van der Waals surface area contributed by atoms with Gasteiger partial charge in [-0.3, -0.25) is 4.79 Å². The molecule has 2 aliphatic carbocycles. The third-order valence-corrected chi connectivity index (χ3v) is 4.07. The fourth-order valence-electron chi connectivity index (χ4n) is 2.67. The minimum atomic E-state index is -0.761. The molecule has 0 bridgehead atoms. The van der Waals surface area contributed by atoms with E-state index in [1.54, 1.807) is 0 Å². The Morgan fingerprint density at radius 3 is 2.69 bits per heavy atom. The van der Waals surface area contributed by atoms with Gasteiger partial charge in [-0.25, -0.2) is 0 Å². The third-order valence-electron chi connectivity index (χ3n) is 4.07. The van der Waals surface area contributed by atoms with E-state index in [1.165, 1.54) is 0 Å². The van der Waals surface area contributed by atoms with Crippen LogP contribution in [0.1, 0.15) is 38.5 Å². The summed E-state index contributed by atoms with van der Waals surface area (Å²) >= 11 is 0. The van der Waals surface area contributed by atoms with Crippen LogP contribution in [0.4, 0.5) is 0 Å². The van der Waals surface area contributed by atoms with Crippen LogP contribution in [0.15, 0.2) is 0 Å². The van der Waals surface area contributed by atoms with E-state index in [-0.39, 0.29) is 24.5 Å². The number of nitrogens with zero attached hydrogens (tertiary/aromatic N) is 1. The quantitative estimate of drug-likeness (QED) is 0.747. The summed E-state index contributed by atoms with van der Waals surface area (Å²) in [5.41, 5.74) is -0.761. The van der Waals surface area contributed by atoms with Gasteiger partial charge in [0.05, 0.1) is 6.07 Å². The van der Waals surface area contributed by atoms with E-state index < -0.39 is 5.41 Å². The molecular weight excluding hydrogens is 204 g/mol. The van der Waals surface area contributed by atoms with Crippen molar-refractivity contribution in [1.82, 2.24) is 5.32 Å². The van der Waals surface area contributed by atoms with E-state index in [9.17, 15) is 4.79 Å². The lowest BCUT2D eigenvalue weighted by molar-refractivity contribution is -0.132. The maximum atomic E-state index is 12.0. The summed E-state index contributed by atoms with van der Waals surface area (Å²) in [5, 5.41) is 21.2. The zero-order valence-electron chi connectivity index (χ0n) is 9.41. The Labute approximate surface area is 95.6 Å². The standard InChI is InChI=1S/C12H18N2O2/c13-8-12(5-2-6-12)11(16)14-10-4-1-3-9(10)7-15/h9-10,15H,1-7H2,(H,14,16). The second kappa shape index (κ2) is 4.42. The maximum absolute atomic E-state index is 12.0. The summed E-state index contributed by atoms with van der Waals surface area (Å²) < 4.78 is 0. The second-order valence-corrected chi connectivity index (χ2v) is 5.00. The van der Waals surface area contributed by atoms with E-state index >= 15 is 0 Å². The minimum absolute atomic E-state index is 0.0725. The summed E-state index contributed by atoms with van der Waals surface area (Å²) in [4.78, 5) is 12.0. The largest absolute Gasteiger partial charge is 0.396 e. The van der Waals surface area contributed by atoms with Crippen LogP contribution < -0.4 is 5.32 Å². The Morgan fingerprint density at radius 1 is 1.44 bits per heavy atom. The van der Waals surface area contributed by atoms with E-state index in [0.29, 0.717) is 12.8 Å². The van der Waals surface area contributed by atoms with Crippen LogP contribution in [0.2, 0.25) is 0 Å². The van der Waals surface area contributed by atoms with Crippen molar-refractivity contribution in [3.05, 3.63) is 0 Å². The van der Waals surface area contributed by atoms with E-state index in [1.807, 2.05) is 0 Å². The molecule has 0 aromatic rings. The van der Waals surface area contributed by atoms with Crippen molar-refractivity contribution in [3.63, 3.8) is 0 Å². The van der Waals surface area contributed by atoms with Crippen molar-refractivity contribution >= 4 is 5.91 Å². The normalized spacial score (nSPS) is 31.5. The second-order valence-electron chi connectivity index (χ2n) is 5.00. The smallest absolute Gasteiger partial charge is 0.240 e. The molecule has 0 spiro atoms. The van der Waals surface area contributed by atoms with Gasteiger partial charge in [-0.1, -0.05) is 6.42 Å². The third kappa shape index (κ3) is 1.80. The number of aliphatic hydroxyl groups excluding tert-OH is 1. The highest BCUT2D eigenvalue weighted by Crippen LogP contribution is 2.41. The Balaban J connectivity index is 1.94. The molecular formula is C12H18N2O2. The first-order chi connectivity index (χ1) is 7.72. The summed E-state index contributed by atoms with van der Waals surface area (Å²) in [6.45, 7) is 0.129. The van der Waals surface area contributed by atoms with Gasteiger partial charge < -0.3 is 10.4 Å². The molecule has 4 heteroatoms. The topological polar surface area (TPSA) is 73.1 Å². The zero-order chi connectivity index (χ0) is 11.6. The van der Waals surface area contributed by atoms with Gasteiger partial charge in [0.15, 0.2) is 0 Å². The first-order valence-corrected chi connectivity index (χ1v) is 6.05. The van der Waals surface area contributed by atoms with Gasteiger partial charge in [-0.15, -0.1) is 0 Å². The van der Waals surface area contributed by atoms with E-state index in [0.717, 1.165) is 25.7 Å². The van der Waals surface area contributed by atoms with Crippen molar-refractivity contribution in [2.24, 2.45) is 11.3 Å². The molecule has 1 amide bonds. The number of hydrogen-bond acceptors (Lipinski definition) is 3. The average molecular weight is 222 g/mol. The Bertz CT molecular complexity index is 317. The molecule has 2 rings (SSSR count). The van der Waals surface area contributed by atoms with Gasteiger partial charge >= 0.3 is 0 Å². The fraction of sp³-hybridized carbons (Fsp3) is 0.833. The molecule has 88 valence electrons. The molecule has 2 fully saturated rings. The van der Waals surface area contributed by atoms with Gasteiger partial charge in [-0.05, 0) is 32.1 Å². The number of rotatable bonds is 3. The first-order valence-electron chi connectivity index (χ1n) is 6.05. The van der Waals surface area contributed by atoms with Crippen LogP contribution in [0, 0.1) is 22.7 Å². The molecule has 2 N–H and O–H groups in total. The molecule has 0 aliphatic heterocycles. The van der Waals surface area contributed by atoms with Crippen molar-refractivity contribution in [3.8, 4) is 6.07 Å². The molecule has 2 aliphatic rings. The van der Waals surface area contributed by atoms with Crippen LogP contribution in [0.25, 0.3) is 0 Å². The summed E-state index contributed by atoms with van der Waals surface area (Å²) in [6, 6.07) is 2.22. The minimum Gasteiger partial charge on any atom is -0.396 e. The SMILES string of the molecule is N#CC1(C(=O)NC2CCCC2CO)CCC1. The number of hydrogen-bond donors (Lipinski definition) is 2. The predicted molar refractivity (Wildman–Crippen MR) is 58.3 cm³/mol. The monoisotopic (exact) mass is 222 g/mol. The van der Waals surface area contributed by atoms with Crippen molar-refractivity contribution in [1.29, 1.82) is 5.26 Å². The maximum Gasteiger partial charge on any atom is 0.240 e. The number of nitriles is 1.